The van der Waals surface area contributed by atoms with Crippen molar-refractivity contribution in [3.8, 4) is 23.0 Å². The highest BCUT2D eigenvalue weighted by Crippen LogP contribution is 2.41. The van der Waals surface area contributed by atoms with Crippen molar-refractivity contribution in [2.75, 3.05) is 0 Å². The van der Waals surface area contributed by atoms with Crippen molar-refractivity contribution >= 4 is 23.2 Å². The van der Waals surface area contributed by atoms with Crippen LogP contribution < -0.4 is 5.73 Å². The van der Waals surface area contributed by atoms with Gasteiger partial charge in [0.1, 0.15) is 6.04 Å². The molecular weight excluding hydrogens is 448 g/mol. The molecule has 166 valence electrons. The number of hydrogen-bond donors (Lipinski definition) is 1. The number of primary amides is 1. The zero-order valence-electron chi connectivity index (χ0n) is 18.2. The summed E-state index contributed by atoms with van der Waals surface area (Å²) in [6.07, 6.45) is 3.42. The first-order valence-electron chi connectivity index (χ1n) is 10.6. The van der Waals surface area contributed by atoms with Gasteiger partial charge in [0.2, 0.25) is 5.91 Å². The molecule has 5 rings (SSSR count). The Hall–Kier alpha value is -4.21. The quantitative estimate of drug-likeness (QED) is 0.436. The summed E-state index contributed by atoms with van der Waals surface area (Å²) in [4.78, 5) is 20.9. The van der Waals surface area contributed by atoms with E-state index in [9.17, 15) is 4.79 Å². The number of pyridine rings is 1. The molecule has 1 aliphatic rings. The topological polar surface area (TPSA) is 94.4 Å². The fraction of sp³-hybridized carbons (Fsp3) is 0.111. The SMILES string of the molecule is Cc1noc2c1-c1ccc(C#Cc3ccncc3)cc1C(c1ccc(Cl)cc1)=N[C@H]2CC(N)=O. The molecule has 0 unspecified atom stereocenters. The van der Waals surface area contributed by atoms with Gasteiger partial charge >= 0.3 is 0 Å². The minimum Gasteiger partial charge on any atom is -0.370 e. The van der Waals surface area contributed by atoms with Crippen molar-refractivity contribution in [2.45, 2.75) is 19.4 Å². The Balaban J connectivity index is 1.72. The van der Waals surface area contributed by atoms with Gasteiger partial charge in [0.05, 0.1) is 23.4 Å². The fourth-order valence-corrected chi connectivity index (χ4v) is 4.13. The Morgan fingerprint density at radius 1 is 1.03 bits per heavy atom. The summed E-state index contributed by atoms with van der Waals surface area (Å²) in [5, 5.41) is 4.78. The number of amides is 1. The first-order valence-corrected chi connectivity index (χ1v) is 11.0. The molecule has 0 radical (unpaired) electrons. The Morgan fingerprint density at radius 2 is 1.76 bits per heavy atom. The van der Waals surface area contributed by atoms with Gasteiger partial charge in [-0.2, -0.15) is 0 Å². The third-order valence-electron chi connectivity index (χ3n) is 5.56. The molecule has 1 amide bonds. The van der Waals surface area contributed by atoms with Crippen LogP contribution in [-0.2, 0) is 4.79 Å². The van der Waals surface area contributed by atoms with Crippen LogP contribution in [0.3, 0.4) is 0 Å². The van der Waals surface area contributed by atoms with Crippen LogP contribution in [0.2, 0.25) is 5.02 Å². The first-order chi connectivity index (χ1) is 16.5. The Morgan fingerprint density at radius 3 is 2.50 bits per heavy atom. The van der Waals surface area contributed by atoms with Gasteiger partial charge in [-0.25, -0.2) is 0 Å². The Bertz CT molecular complexity index is 1480. The van der Waals surface area contributed by atoms with Gasteiger partial charge in [-0.05, 0) is 48.9 Å². The number of rotatable bonds is 3. The largest absolute Gasteiger partial charge is 0.370 e. The molecule has 34 heavy (non-hydrogen) atoms. The molecule has 0 spiro atoms. The molecular formula is C27H19ClN4O2. The predicted molar refractivity (Wildman–Crippen MR) is 131 cm³/mol. The van der Waals surface area contributed by atoms with E-state index in [1.807, 2.05) is 61.5 Å². The second kappa shape index (κ2) is 8.97. The fourth-order valence-electron chi connectivity index (χ4n) is 4.01. The molecule has 0 fully saturated rings. The number of fused-ring (bicyclic) bond motifs is 3. The molecule has 2 N–H and O–H groups in total. The molecule has 0 aliphatic carbocycles. The maximum Gasteiger partial charge on any atom is 0.220 e. The van der Waals surface area contributed by atoms with Crippen molar-refractivity contribution in [3.05, 3.63) is 106 Å². The van der Waals surface area contributed by atoms with Crippen molar-refractivity contribution in [2.24, 2.45) is 10.7 Å². The van der Waals surface area contributed by atoms with Crippen LogP contribution in [0.1, 0.15) is 46.2 Å². The van der Waals surface area contributed by atoms with Crippen LogP contribution in [0.25, 0.3) is 11.1 Å². The van der Waals surface area contributed by atoms with Crippen LogP contribution in [-0.4, -0.2) is 21.8 Å². The van der Waals surface area contributed by atoms with Gasteiger partial charge in [-0.3, -0.25) is 14.8 Å². The lowest BCUT2D eigenvalue weighted by molar-refractivity contribution is -0.118. The summed E-state index contributed by atoms with van der Waals surface area (Å²) in [6.45, 7) is 1.87. The summed E-state index contributed by atoms with van der Waals surface area (Å²) in [6, 6.07) is 16.5. The summed E-state index contributed by atoms with van der Waals surface area (Å²) in [7, 11) is 0. The lowest BCUT2D eigenvalue weighted by Crippen LogP contribution is -2.15. The van der Waals surface area contributed by atoms with Gasteiger partial charge in [0.15, 0.2) is 5.76 Å². The van der Waals surface area contributed by atoms with E-state index in [4.69, 9.17) is 26.9 Å². The summed E-state index contributed by atoms with van der Waals surface area (Å²) in [5.41, 5.74) is 12.1. The molecule has 1 atom stereocenters. The second-order valence-corrected chi connectivity index (χ2v) is 8.36. The lowest BCUT2D eigenvalue weighted by Gasteiger charge is -2.12. The minimum absolute atomic E-state index is 0.00141. The summed E-state index contributed by atoms with van der Waals surface area (Å²) >= 11 is 6.13. The number of aromatic nitrogens is 2. The number of aliphatic imine (C=N–C) groups is 1. The van der Waals surface area contributed by atoms with E-state index in [0.717, 1.165) is 33.4 Å². The van der Waals surface area contributed by atoms with E-state index in [0.29, 0.717) is 22.2 Å². The van der Waals surface area contributed by atoms with Crippen LogP contribution in [0, 0.1) is 18.8 Å². The monoisotopic (exact) mass is 466 g/mol. The lowest BCUT2D eigenvalue weighted by atomic mass is 9.91. The van der Waals surface area contributed by atoms with Crippen LogP contribution >= 0.6 is 11.6 Å². The number of carbonyl (C=O) groups is 1. The van der Waals surface area contributed by atoms with E-state index in [2.05, 4.69) is 22.0 Å². The molecule has 4 aromatic rings. The third kappa shape index (κ3) is 4.21. The molecule has 0 saturated carbocycles. The summed E-state index contributed by atoms with van der Waals surface area (Å²) < 4.78 is 5.66. The third-order valence-corrected chi connectivity index (χ3v) is 5.82. The Kier molecular flexibility index (Phi) is 5.70. The average molecular weight is 467 g/mol. The summed E-state index contributed by atoms with van der Waals surface area (Å²) in [5.74, 6) is 6.44. The van der Waals surface area contributed by atoms with Crippen LogP contribution in [0.4, 0.5) is 0 Å². The number of benzene rings is 2. The van der Waals surface area contributed by atoms with E-state index < -0.39 is 11.9 Å². The second-order valence-electron chi connectivity index (χ2n) is 7.92. The van der Waals surface area contributed by atoms with Crippen LogP contribution in [0.5, 0.6) is 0 Å². The van der Waals surface area contributed by atoms with Crippen molar-refractivity contribution in [3.63, 3.8) is 0 Å². The van der Waals surface area contributed by atoms with Crippen molar-refractivity contribution < 1.29 is 9.32 Å². The van der Waals surface area contributed by atoms with Gasteiger partial charge in [0.25, 0.3) is 0 Å². The van der Waals surface area contributed by atoms with E-state index in [1.54, 1.807) is 12.4 Å². The molecule has 0 saturated heterocycles. The smallest absolute Gasteiger partial charge is 0.220 e. The zero-order valence-corrected chi connectivity index (χ0v) is 19.0. The van der Waals surface area contributed by atoms with E-state index in [-0.39, 0.29) is 6.42 Å². The molecule has 2 aromatic carbocycles. The van der Waals surface area contributed by atoms with Crippen LogP contribution in [0.15, 0.2) is 76.5 Å². The number of aryl methyl sites for hydroxylation is 1. The highest BCUT2D eigenvalue weighted by Gasteiger charge is 2.31. The highest BCUT2D eigenvalue weighted by atomic mass is 35.5. The Labute approximate surface area is 201 Å². The molecule has 1 aliphatic heterocycles. The molecule has 7 heteroatoms. The molecule has 0 bridgehead atoms. The highest BCUT2D eigenvalue weighted by molar-refractivity contribution is 6.30. The van der Waals surface area contributed by atoms with E-state index >= 15 is 0 Å². The molecule has 2 aromatic heterocycles. The van der Waals surface area contributed by atoms with Gasteiger partial charge in [-0.15, -0.1) is 0 Å². The standard InChI is InChI=1S/C27H19ClN4O2/c1-16-25-21-9-4-18(3-2-17-10-12-30-13-11-17)14-22(21)26(19-5-7-20(28)8-6-19)31-23(15-24(29)33)27(25)34-32-16/h4-14,23H,15H2,1H3,(H2,29,33)/t23-/m0/s1. The molecule has 6 nitrogen and oxygen atoms in total. The van der Waals surface area contributed by atoms with Gasteiger partial charge in [-0.1, -0.05) is 46.8 Å². The van der Waals surface area contributed by atoms with Gasteiger partial charge in [0, 0.05) is 39.7 Å². The normalized spacial score (nSPS) is 14.2. The first kappa shape index (κ1) is 21.6. The van der Waals surface area contributed by atoms with Gasteiger partial charge < -0.3 is 10.3 Å². The van der Waals surface area contributed by atoms with E-state index in [1.165, 1.54) is 0 Å². The minimum atomic E-state index is -0.599. The number of nitrogens with zero attached hydrogens (tertiary/aromatic N) is 3. The van der Waals surface area contributed by atoms with Crippen molar-refractivity contribution in [1.29, 1.82) is 0 Å². The number of carbonyl (C=O) groups excluding carboxylic acids is 1. The predicted octanol–water partition coefficient (Wildman–Crippen LogP) is 4.87. The van der Waals surface area contributed by atoms with Crippen molar-refractivity contribution in [1.82, 2.24) is 10.1 Å². The maximum absolute atomic E-state index is 11.9. The molecule has 3 heterocycles. The maximum atomic E-state index is 11.9. The zero-order chi connectivity index (χ0) is 23.7. The average Bonchev–Trinajstić information content (AvgIpc) is 3.16. The number of halogens is 1. The number of hydrogen-bond acceptors (Lipinski definition) is 5. The number of nitrogens with two attached hydrogens (primary N) is 1.